The van der Waals surface area contributed by atoms with Gasteiger partial charge in [-0.25, -0.2) is 4.79 Å². The van der Waals surface area contributed by atoms with Crippen molar-refractivity contribution in [2.75, 3.05) is 26.2 Å². The standard InChI is InChI=1S/C18H35N3O/c1-14(2)7-12-21(17-5-6-17)18(22)19-16-8-10-20(11-9-16)13-15(3)4/h14-17H,5-13H2,1-4H3,(H,19,22). The van der Waals surface area contributed by atoms with E-state index in [2.05, 4.69) is 42.8 Å². The predicted octanol–water partition coefficient (Wildman–Crippen LogP) is 3.33. The maximum absolute atomic E-state index is 12.6. The summed E-state index contributed by atoms with van der Waals surface area (Å²) in [5.41, 5.74) is 0. The molecule has 1 aliphatic carbocycles. The van der Waals surface area contributed by atoms with Crippen LogP contribution >= 0.6 is 0 Å². The number of carbonyl (C=O) groups is 1. The van der Waals surface area contributed by atoms with Crippen molar-refractivity contribution >= 4 is 6.03 Å². The number of hydrogen-bond acceptors (Lipinski definition) is 2. The van der Waals surface area contributed by atoms with Crippen LogP contribution in [0, 0.1) is 11.8 Å². The number of carbonyl (C=O) groups excluding carboxylic acids is 1. The van der Waals surface area contributed by atoms with Gasteiger partial charge in [0, 0.05) is 38.3 Å². The van der Waals surface area contributed by atoms with Crippen LogP contribution < -0.4 is 5.32 Å². The van der Waals surface area contributed by atoms with Crippen LogP contribution in [0.5, 0.6) is 0 Å². The Hall–Kier alpha value is -0.770. The molecule has 4 nitrogen and oxygen atoms in total. The van der Waals surface area contributed by atoms with Gasteiger partial charge in [-0.2, -0.15) is 0 Å². The maximum Gasteiger partial charge on any atom is 0.317 e. The lowest BCUT2D eigenvalue weighted by Gasteiger charge is -2.34. The highest BCUT2D eigenvalue weighted by Gasteiger charge is 2.33. The summed E-state index contributed by atoms with van der Waals surface area (Å²) in [6.07, 6.45) is 5.69. The Morgan fingerprint density at radius 2 is 1.73 bits per heavy atom. The second-order valence-corrected chi connectivity index (χ2v) is 8.03. The first-order valence-corrected chi connectivity index (χ1v) is 9.25. The molecular weight excluding hydrogens is 274 g/mol. The van der Waals surface area contributed by atoms with Crippen molar-refractivity contribution < 1.29 is 4.79 Å². The zero-order valence-electron chi connectivity index (χ0n) is 15.0. The fraction of sp³-hybridized carbons (Fsp3) is 0.944. The Balaban J connectivity index is 1.74. The number of rotatable bonds is 7. The summed E-state index contributed by atoms with van der Waals surface area (Å²) >= 11 is 0. The topological polar surface area (TPSA) is 35.6 Å². The Labute approximate surface area is 136 Å². The smallest absolute Gasteiger partial charge is 0.317 e. The van der Waals surface area contributed by atoms with Crippen molar-refractivity contribution in [1.29, 1.82) is 0 Å². The number of nitrogens with zero attached hydrogens (tertiary/aromatic N) is 2. The van der Waals surface area contributed by atoms with Gasteiger partial charge < -0.3 is 15.1 Å². The van der Waals surface area contributed by atoms with E-state index in [9.17, 15) is 4.79 Å². The summed E-state index contributed by atoms with van der Waals surface area (Å²) in [6, 6.07) is 1.07. The summed E-state index contributed by atoms with van der Waals surface area (Å²) in [6.45, 7) is 13.4. The highest BCUT2D eigenvalue weighted by molar-refractivity contribution is 5.75. The lowest BCUT2D eigenvalue weighted by Crippen LogP contribution is -2.50. The van der Waals surface area contributed by atoms with Gasteiger partial charge in [-0.1, -0.05) is 27.7 Å². The Bertz CT molecular complexity index is 344. The van der Waals surface area contributed by atoms with E-state index in [-0.39, 0.29) is 6.03 Å². The minimum absolute atomic E-state index is 0.186. The van der Waals surface area contributed by atoms with Gasteiger partial charge in [0.1, 0.15) is 0 Å². The number of piperidine rings is 1. The molecule has 1 saturated carbocycles. The van der Waals surface area contributed by atoms with Crippen LogP contribution in [-0.4, -0.2) is 54.1 Å². The fourth-order valence-electron chi connectivity index (χ4n) is 3.27. The minimum atomic E-state index is 0.186. The van der Waals surface area contributed by atoms with Gasteiger partial charge in [0.15, 0.2) is 0 Å². The zero-order chi connectivity index (χ0) is 16.1. The number of urea groups is 1. The molecule has 2 fully saturated rings. The van der Waals surface area contributed by atoms with Gasteiger partial charge in [0.2, 0.25) is 0 Å². The van der Waals surface area contributed by atoms with Crippen LogP contribution in [0.2, 0.25) is 0 Å². The summed E-state index contributed by atoms with van der Waals surface area (Å²) < 4.78 is 0. The highest BCUT2D eigenvalue weighted by atomic mass is 16.2. The van der Waals surface area contributed by atoms with Crippen molar-refractivity contribution in [2.45, 2.75) is 71.9 Å². The molecule has 1 N–H and O–H groups in total. The van der Waals surface area contributed by atoms with E-state index in [1.165, 1.54) is 19.4 Å². The molecule has 22 heavy (non-hydrogen) atoms. The quantitative estimate of drug-likeness (QED) is 0.783. The second-order valence-electron chi connectivity index (χ2n) is 8.03. The average Bonchev–Trinajstić information content (AvgIpc) is 3.25. The molecular formula is C18H35N3O. The number of hydrogen-bond donors (Lipinski definition) is 1. The number of amides is 2. The van der Waals surface area contributed by atoms with Crippen molar-refractivity contribution in [2.24, 2.45) is 11.8 Å². The number of nitrogens with one attached hydrogen (secondary N) is 1. The zero-order valence-corrected chi connectivity index (χ0v) is 15.0. The van der Waals surface area contributed by atoms with E-state index in [0.29, 0.717) is 18.0 Å². The Kier molecular flexibility index (Phi) is 6.54. The fourth-order valence-corrected chi connectivity index (χ4v) is 3.27. The van der Waals surface area contributed by atoms with E-state index in [0.717, 1.165) is 44.8 Å². The molecule has 0 atom stereocenters. The number of likely N-dealkylation sites (tertiary alicyclic amines) is 1. The molecule has 0 aromatic carbocycles. The molecule has 1 heterocycles. The summed E-state index contributed by atoms with van der Waals surface area (Å²) in [7, 11) is 0. The Morgan fingerprint density at radius 3 is 2.23 bits per heavy atom. The van der Waals surface area contributed by atoms with Crippen molar-refractivity contribution in [3.63, 3.8) is 0 Å². The second kappa shape index (κ2) is 8.19. The van der Waals surface area contributed by atoms with Crippen LogP contribution in [0.25, 0.3) is 0 Å². The highest BCUT2D eigenvalue weighted by Crippen LogP contribution is 2.27. The molecule has 2 aliphatic rings. The van der Waals surface area contributed by atoms with Crippen molar-refractivity contribution in [1.82, 2.24) is 15.1 Å². The summed E-state index contributed by atoms with van der Waals surface area (Å²) in [5.74, 6) is 1.39. The summed E-state index contributed by atoms with van der Waals surface area (Å²) in [5, 5.41) is 3.30. The lowest BCUT2D eigenvalue weighted by molar-refractivity contribution is 0.161. The minimum Gasteiger partial charge on any atom is -0.335 e. The molecule has 2 amide bonds. The first-order valence-electron chi connectivity index (χ1n) is 9.25. The molecule has 4 heteroatoms. The third-order valence-corrected chi connectivity index (χ3v) is 4.73. The van der Waals surface area contributed by atoms with Gasteiger partial charge in [-0.05, 0) is 43.9 Å². The monoisotopic (exact) mass is 309 g/mol. The molecule has 0 unspecified atom stereocenters. The van der Waals surface area contributed by atoms with Gasteiger partial charge in [0.25, 0.3) is 0 Å². The van der Waals surface area contributed by atoms with Crippen molar-refractivity contribution in [3.05, 3.63) is 0 Å². The first kappa shape index (κ1) is 17.6. The van der Waals surface area contributed by atoms with Gasteiger partial charge in [-0.3, -0.25) is 0 Å². The van der Waals surface area contributed by atoms with Crippen LogP contribution in [0.15, 0.2) is 0 Å². The summed E-state index contributed by atoms with van der Waals surface area (Å²) in [4.78, 5) is 17.2. The van der Waals surface area contributed by atoms with E-state index < -0.39 is 0 Å². The van der Waals surface area contributed by atoms with E-state index in [4.69, 9.17) is 0 Å². The van der Waals surface area contributed by atoms with Crippen LogP contribution in [0.3, 0.4) is 0 Å². The molecule has 0 bridgehead atoms. The van der Waals surface area contributed by atoms with E-state index in [1.54, 1.807) is 0 Å². The molecule has 0 aromatic heterocycles. The normalized spacial score (nSPS) is 20.6. The van der Waals surface area contributed by atoms with Gasteiger partial charge in [-0.15, -0.1) is 0 Å². The van der Waals surface area contributed by atoms with Gasteiger partial charge >= 0.3 is 6.03 Å². The first-order chi connectivity index (χ1) is 10.5. The van der Waals surface area contributed by atoms with Gasteiger partial charge in [0.05, 0.1) is 0 Å². The van der Waals surface area contributed by atoms with Crippen LogP contribution in [0.1, 0.15) is 59.8 Å². The van der Waals surface area contributed by atoms with Crippen molar-refractivity contribution in [3.8, 4) is 0 Å². The average molecular weight is 309 g/mol. The molecule has 128 valence electrons. The molecule has 0 radical (unpaired) electrons. The van der Waals surface area contributed by atoms with E-state index in [1.807, 2.05) is 0 Å². The molecule has 1 saturated heterocycles. The largest absolute Gasteiger partial charge is 0.335 e. The third-order valence-electron chi connectivity index (χ3n) is 4.73. The molecule has 1 aliphatic heterocycles. The van der Waals surface area contributed by atoms with Crippen LogP contribution in [-0.2, 0) is 0 Å². The molecule has 0 spiro atoms. The maximum atomic E-state index is 12.6. The van der Waals surface area contributed by atoms with Crippen LogP contribution in [0.4, 0.5) is 4.79 Å². The lowest BCUT2D eigenvalue weighted by atomic mass is 10.0. The molecule has 2 rings (SSSR count). The van der Waals surface area contributed by atoms with E-state index >= 15 is 0 Å². The Morgan fingerprint density at radius 1 is 1.09 bits per heavy atom. The molecule has 0 aromatic rings. The third kappa shape index (κ3) is 5.79. The predicted molar refractivity (Wildman–Crippen MR) is 92.0 cm³/mol. The SMILES string of the molecule is CC(C)CCN(C(=O)NC1CCN(CC(C)C)CC1)C1CC1.